The molecule has 0 fully saturated rings. The van der Waals surface area contributed by atoms with E-state index in [1.165, 1.54) is 21.2 Å². The predicted octanol–water partition coefficient (Wildman–Crippen LogP) is 5.67. The Labute approximate surface area is 148 Å². The van der Waals surface area contributed by atoms with Crippen LogP contribution in [0, 0.1) is 0 Å². The van der Waals surface area contributed by atoms with E-state index in [0.717, 1.165) is 18.0 Å². The van der Waals surface area contributed by atoms with E-state index >= 15 is 0 Å². The normalized spacial score (nSPS) is 13.9. The number of hydrogen-bond donors (Lipinski definition) is 0. The molecular weight excluding hydrogens is 324 g/mol. The minimum absolute atomic E-state index is 0.159. The molecular formula is C19H23ClN2S. The van der Waals surface area contributed by atoms with E-state index in [0.29, 0.717) is 0 Å². The van der Waals surface area contributed by atoms with E-state index < -0.39 is 0 Å². The van der Waals surface area contributed by atoms with Gasteiger partial charge in [0.15, 0.2) is 0 Å². The van der Waals surface area contributed by atoms with E-state index in [4.69, 9.17) is 11.6 Å². The highest BCUT2D eigenvalue weighted by Crippen LogP contribution is 2.48. The van der Waals surface area contributed by atoms with Crippen molar-refractivity contribution in [2.45, 2.75) is 35.6 Å². The summed E-state index contributed by atoms with van der Waals surface area (Å²) in [6.45, 7) is 5.57. The lowest BCUT2D eigenvalue weighted by Gasteiger charge is -2.38. The Morgan fingerprint density at radius 3 is 2.48 bits per heavy atom. The van der Waals surface area contributed by atoms with E-state index in [9.17, 15) is 0 Å². The Morgan fingerprint density at radius 1 is 1.04 bits per heavy atom. The van der Waals surface area contributed by atoms with Gasteiger partial charge in [-0.1, -0.05) is 35.5 Å². The zero-order valence-corrected chi connectivity index (χ0v) is 15.7. The summed E-state index contributed by atoms with van der Waals surface area (Å²) in [5.41, 5.74) is 2.71. The van der Waals surface area contributed by atoms with Gasteiger partial charge < -0.3 is 9.80 Å². The van der Waals surface area contributed by atoms with Crippen molar-refractivity contribution in [3.05, 3.63) is 47.5 Å². The second kappa shape index (κ2) is 6.39. The second-order valence-corrected chi connectivity index (χ2v) is 8.31. The first-order valence-corrected chi connectivity index (χ1v) is 9.09. The summed E-state index contributed by atoms with van der Waals surface area (Å²) in [7, 11) is 4.29. The Bertz CT molecular complexity index is 712. The fourth-order valence-electron chi connectivity index (χ4n) is 2.66. The zero-order chi connectivity index (χ0) is 16.6. The minimum atomic E-state index is 0.159. The lowest BCUT2D eigenvalue weighted by Crippen LogP contribution is -2.41. The summed E-state index contributed by atoms with van der Waals surface area (Å²) >= 11 is 8.01. The lowest BCUT2D eigenvalue weighted by atomic mass is 9.98. The van der Waals surface area contributed by atoms with Crippen molar-refractivity contribution < 1.29 is 0 Å². The summed E-state index contributed by atoms with van der Waals surface area (Å²) in [5, 5.41) is 0.796. The smallest absolute Gasteiger partial charge is 0.0553 e. The Hall–Kier alpha value is -1.16. The predicted molar refractivity (Wildman–Crippen MR) is 101 cm³/mol. The molecule has 0 N–H and O–H groups in total. The number of rotatable bonds is 4. The summed E-state index contributed by atoms with van der Waals surface area (Å²) in [6.07, 6.45) is 1.08. The van der Waals surface area contributed by atoms with Crippen LogP contribution in [0.15, 0.2) is 52.3 Å². The van der Waals surface area contributed by atoms with Gasteiger partial charge >= 0.3 is 0 Å². The molecule has 122 valence electrons. The van der Waals surface area contributed by atoms with Crippen molar-refractivity contribution in [3.63, 3.8) is 0 Å². The van der Waals surface area contributed by atoms with Gasteiger partial charge in [0.1, 0.15) is 0 Å². The molecule has 0 saturated carbocycles. The molecule has 2 nitrogen and oxygen atoms in total. The number of nitrogens with zero attached hydrogens (tertiary/aromatic N) is 2. The van der Waals surface area contributed by atoms with Crippen molar-refractivity contribution in [1.82, 2.24) is 4.90 Å². The fourth-order valence-corrected chi connectivity index (χ4v) is 4.03. The summed E-state index contributed by atoms with van der Waals surface area (Å²) in [5.74, 6) is 0. The van der Waals surface area contributed by atoms with Crippen molar-refractivity contribution in [1.29, 1.82) is 0 Å². The van der Waals surface area contributed by atoms with Gasteiger partial charge in [0.05, 0.1) is 11.4 Å². The van der Waals surface area contributed by atoms with E-state index in [1.807, 2.05) is 6.07 Å². The first-order valence-electron chi connectivity index (χ1n) is 7.90. The highest BCUT2D eigenvalue weighted by Gasteiger charge is 2.27. The Morgan fingerprint density at radius 2 is 1.74 bits per heavy atom. The van der Waals surface area contributed by atoms with Crippen LogP contribution >= 0.6 is 23.4 Å². The molecule has 0 amide bonds. The van der Waals surface area contributed by atoms with Crippen LogP contribution in [-0.4, -0.2) is 31.1 Å². The zero-order valence-electron chi connectivity index (χ0n) is 14.1. The Kier molecular flexibility index (Phi) is 4.63. The van der Waals surface area contributed by atoms with Crippen LogP contribution in [0.1, 0.15) is 20.3 Å². The highest BCUT2D eigenvalue weighted by molar-refractivity contribution is 7.99. The first kappa shape index (κ1) is 16.7. The third-order valence-electron chi connectivity index (χ3n) is 4.75. The van der Waals surface area contributed by atoms with Gasteiger partial charge in [-0.3, -0.25) is 0 Å². The van der Waals surface area contributed by atoms with Crippen molar-refractivity contribution in [2.24, 2.45) is 0 Å². The molecule has 0 aliphatic carbocycles. The molecule has 0 bridgehead atoms. The molecule has 0 radical (unpaired) electrons. The molecule has 0 saturated heterocycles. The van der Waals surface area contributed by atoms with Crippen molar-refractivity contribution >= 4 is 34.7 Å². The molecule has 1 heterocycles. The van der Waals surface area contributed by atoms with Crippen LogP contribution in [0.25, 0.3) is 0 Å². The fraction of sp³-hybridized carbons (Fsp3) is 0.368. The lowest BCUT2D eigenvalue weighted by molar-refractivity contribution is 0.185. The monoisotopic (exact) mass is 346 g/mol. The maximum Gasteiger partial charge on any atom is 0.0553 e. The number of fused-ring (bicyclic) bond motifs is 2. The molecule has 23 heavy (non-hydrogen) atoms. The molecule has 0 atom stereocenters. The van der Waals surface area contributed by atoms with E-state index in [-0.39, 0.29) is 5.54 Å². The van der Waals surface area contributed by atoms with Gasteiger partial charge in [0, 0.05) is 26.9 Å². The van der Waals surface area contributed by atoms with Gasteiger partial charge in [0.2, 0.25) is 0 Å². The van der Waals surface area contributed by atoms with E-state index in [1.54, 1.807) is 11.8 Å². The van der Waals surface area contributed by atoms with Crippen LogP contribution in [0.5, 0.6) is 0 Å². The van der Waals surface area contributed by atoms with E-state index in [2.05, 4.69) is 74.1 Å². The number of halogens is 1. The minimum Gasteiger partial charge on any atom is -0.340 e. The van der Waals surface area contributed by atoms with Gasteiger partial charge in [0.25, 0.3) is 0 Å². The molecule has 1 aliphatic heterocycles. The van der Waals surface area contributed by atoms with Gasteiger partial charge in [-0.25, -0.2) is 0 Å². The maximum absolute atomic E-state index is 6.20. The first-order chi connectivity index (χ1) is 10.9. The van der Waals surface area contributed by atoms with Gasteiger partial charge in [-0.05, 0) is 64.7 Å². The summed E-state index contributed by atoms with van der Waals surface area (Å²) < 4.78 is 0. The SMILES string of the molecule is CN(C)C(C)(C)CCN1c2ccccc2Sc2cc(Cl)ccc21. The average molecular weight is 347 g/mol. The van der Waals surface area contributed by atoms with Crippen molar-refractivity contribution in [3.8, 4) is 0 Å². The average Bonchev–Trinajstić information content (AvgIpc) is 2.51. The third kappa shape index (κ3) is 3.37. The molecule has 1 aliphatic rings. The quantitative estimate of drug-likeness (QED) is 0.703. The third-order valence-corrected chi connectivity index (χ3v) is 6.09. The molecule has 2 aromatic rings. The van der Waals surface area contributed by atoms with Crippen LogP contribution in [0.2, 0.25) is 5.02 Å². The standard InChI is InChI=1S/C19H23ClN2S/c1-19(2,21(3)4)11-12-22-15-7-5-6-8-17(15)23-18-13-14(20)9-10-16(18)22/h5-10,13H,11-12H2,1-4H3. The summed E-state index contributed by atoms with van der Waals surface area (Å²) in [6, 6.07) is 14.8. The Balaban J connectivity index is 1.96. The number of para-hydroxylation sites is 1. The topological polar surface area (TPSA) is 6.48 Å². The largest absolute Gasteiger partial charge is 0.340 e. The summed E-state index contributed by atoms with van der Waals surface area (Å²) in [4.78, 5) is 7.26. The molecule has 4 heteroatoms. The molecule has 0 unspecified atom stereocenters. The van der Waals surface area contributed by atoms with Gasteiger partial charge in [-0.2, -0.15) is 0 Å². The molecule has 0 aromatic heterocycles. The van der Waals surface area contributed by atoms with Gasteiger partial charge in [-0.15, -0.1) is 0 Å². The highest BCUT2D eigenvalue weighted by atomic mass is 35.5. The van der Waals surface area contributed by atoms with Crippen LogP contribution in [0.4, 0.5) is 11.4 Å². The number of anilines is 2. The second-order valence-electron chi connectivity index (χ2n) is 6.79. The van der Waals surface area contributed by atoms with Crippen LogP contribution < -0.4 is 4.90 Å². The molecule has 2 aromatic carbocycles. The molecule has 0 spiro atoms. The van der Waals surface area contributed by atoms with Crippen LogP contribution in [0.3, 0.4) is 0 Å². The number of benzene rings is 2. The maximum atomic E-state index is 6.20. The molecule has 3 rings (SSSR count). The van der Waals surface area contributed by atoms with Crippen LogP contribution in [-0.2, 0) is 0 Å². The van der Waals surface area contributed by atoms with Crippen molar-refractivity contribution in [2.75, 3.05) is 25.5 Å². The number of hydrogen-bond acceptors (Lipinski definition) is 3.